The largest absolute Gasteiger partial charge is 0.218 e. The molecule has 0 aliphatic carbocycles. The van der Waals surface area contributed by atoms with Crippen molar-refractivity contribution in [2.24, 2.45) is 0 Å². The number of allylic oxidation sites excluding steroid dienone is 1. The monoisotopic (exact) mass is 221 g/mol. The second kappa shape index (κ2) is 3.87. The molecule has 0 N–H and O–H groups in total. The molecule has 1 aromatic carbocycles. The topological polar surface area (TPSA) is 57.9 Å². The first-order valence-corrected chi connectivity index (χ1v) is 5.79. The molecule has 0 aliphatic heterocycles. The van der Waals surface area contributed by atoms with Gasteiger partial charge in [-0.3, -0.25) is 0 Å². The summed E-state index contributed by atoms with van der Waals surface area (Å²) >= 11 is 0. The van der Waals surface area contributed by atoms with E-state index in [4.69, 9.17) is 5.26 Å². The van der Waals surface area contributed by atoms with Gasteiger partial charge in [0, 0.05) is 0 Å². The Morgan fingerprint density at radius 3 is 2.47 bits per heavy atom. The third-order valence-electron chi connectivity index (χ3n) is 2.07. The molecular formula is C11H11NO2S. The van der Waals surface area contributed by atoms with Crippen LogP contribution in [0.15, 0.2) is 34.6 Å². The number of hydrogen-bond acceptors (Lipinski definition) is 3. The average Bonchev–Trinajstić information content (AvgIpc) is 2.15. The van der Waals surface area contributed by atoms with E-state index in [1.165, 1.54) is 6.07 Å². The van der Waals surface area contributed by atoms with Crippen molar-refractivity contribution in [3.05, 3.63) is 40.8 Å². The van der Waals surface area contributed by atoms with Gasteiger partial charge in [0.25, 0.3) is 0 Å². The zero-order valence-electron chi connectivity index (χ0n) is 8.61. The van der Waals surface area contributed by atoms with Crippen LogP contribution in [0.2, 0.25) is 0 Å². The lowest BCUT2D eigenvalue weighted by Gasteiger charge is -2.06. The van der Waals surface area contributed by atoms with Crippen molar-refractivity contribution in [3.8, 4) is 6.07 Å². The van der Waals surface area contributed by atoms with E-state index in [0.29, 0.717) is 5.56 Å². The van der Waals surface area contributed by atoms with E-state index in [9.17, 15) is 8.42 Å². The molecule has 1 aromatic rings. The van der Waals surface area contributed by atoms with Crippen LogP contribution >= 0.6 is 0 Å². The van der Waals surface area contributed by atoms with Gasteiger partial charge in [0.2, 0.25) is 9.84 Å². The fourth-order valence-corrected chi connectivity index (χ4v) is 2.41. The van der Waals surface area contributed by atoms with Crippen molar-refractivity contribution >= 4 is 9.84 Å². The van der Waals surface area contributed by atoms with Gasteiger partial charge < -0.3 is 0 Å². The van der Waals surface area contributed by atoms with Crippen LogP contribution in [0.5, 0.6) is 0 Å². The molecule has 0 atom stereocenters. The maximum Gasteiger partial charge on any atom is 0.216 e. The molecule has 1 rings (SSSR count). The molecule has 0 heterocycles. The highest BCUT2D eigenvalue weighted by Crippen LogP contribution is 2.22. The van der Waals surface area contributed by atoms with Crippen molar-refractivity contribution in [1.29, 1.82) is 5.26 Å². The molecular weight excluding hydrogens is 210 g/mol. The quantitative estimate of drug-likeness (QED) is 0.719. The van der Waals surface area contributed by atoms with Gasteiger partial charge in [0.1, 0.15) is 11.0 Å². The highest BCUT2D eigenvalue weighted by molar-refractivity contribution is 7.95. The lowest BCUT2D eigenvalue weighted by molar-refractivity contribution is 0.602. The van der Waals surface area contributed by atoms with Gasteiger partial charge in [0.15, 0.2) is 0 Å². The van der Waals surface area contributed by atoms with Crippen LogP contribution in [-0.2, 0) is 9.84 Å². The Bertz CT molecular complexity index is 550. The standard InChI is InChI=1S/C11H11NO2S/c1-8-4-5-11(9(2)6-8)15(13,14)10(3)7-12/h4-6H,3H2,1-2H3. The van der Waals surface area contributed by atoms with Crippen LogP contribution in [0.4, 0.5) is 0 Å². The third kappa shape index (κ3) is 2.08. The fourth-order valence-electron chi connectivity index (χ4n) is 1.29. The maximum atomic E-state index is 11.8. The van der Waals surface area contributed by atoms with Crippen LogP contribution in [0.1, 0.15) is 11.1 Å². The van der Waals surface area contributed by atoms with E-state index in [2.05, 4.69) is 6.58 Å². The summed E-state index contributed by atoms with van der Waals surface area (Å²) in [5, 5.41) is 8.55. The summed E-state index contributed by atoms with van der Waals surface area (Å²) in [5.41, 5.74) is 1.61. The van der Waals surface area contributed by atoms with Gasteiger partial charge in [-0.15, -0.1) is 0 Å². The molecule has 0 aliphatic rings. The summed E-state index contributed by atoms with van der Waals surface area (Å²) < 4.78 is 23.5. The zero-order valence-corrected chi connectivity index (χ0v) is 9.43. The van der Waals surface area contributed by atoms with E-state index in [-0.39, 0.29) is 4.90 Å². The van der Waals surface area contributed by atoms with E-state index in [0.717, 1.165) is 5.56 Å². The summed E-state index contributed by atoms with van der Waals surface area (Å²) in [6, 6.07) is 6.53. The molecule has 0 amide bonds. The fraction of sp³-hybridized carbons (Fsp3) is 0.182. The molecule has 0 bridgehead atoms. The first-order chi connectivity index (χ1) is 6.89. The number of benzene rings is 1. The van der Waals surface area contributed by atoms with E-state index < -0.39 is 14.7 Å². The van der Waals surface area contributed by atoms with Crippen LogP contribution in [0.25, 0.3) is 0 Å². The Morgan fingerprint density at radius 2 is 2.00 bits per heavy atom. The zero-order chi connectivity index (χ0) is 11.6. The molecule has 0 saturated carbocycles. The van der Waals surface area contributed by atoms with E-state index in [1.807, 2.05) is 6.92 Å². The number of aryl methyl sites for hydroxylation is 2. The summed E-state index contributed by atoms with van der Waals surface area (Å²) in [6.45, 7) is 6.81. The van der Waals surface area contributed by atoms with Gasteiger partial charge in [-0.1, -0.05) is 24.3 Å². The molecule has 0 fully saturated rings. The van der Waals surface area contributed by atoms with E-state index in [1.54, 1.807) is 25.1 Å². The number of rotatable bonds is 2. The Labute approximate surface area is 89.6 Å². The Kier molecular flexibility index (Phi) is 2.96. The summed E-state index contributed by atoms with van der Waals surface area (Å²) in [6.07, 6.45) is 0. The predicted octanol–water partition coefficient (Wildman–Crippen LogP) is 2.11. The number of nitrogens with zero attached hydrogens (tertiary/aromatic N) is 1. The highest BCUT2D eigenvalue weighted by Gasteiger charge is 2.20. The van der Waals surface area contributed by atoms with Crippen molar-refractivity contribution in [1.82, 2.24) is 0 Å². The van der Waals surface area contributed by atoms with E-state index >= 15 is 0 Å². The molecule has 4 heteroatoms. The van der Waals surface area contributed by atoms with Crippen molar-refractivity contribution < 1.29 is 8.42 Å². The van der Waals surface area contributed by atoms with Crippen molar-refractivity contribution in [2.75, 3.05) is 0 Å². The molecule has 15 heavy (non-hydrogen) atoms. The lowest BCUT2D eigenvalue weighted by Crippen LogP contribution is -2.04. The minimum atomic E-state index is -3.69. The van der Waals surface area contributed by atoms with Crippen LogP contribution < -0.4 is 0 Å². The maximum absolute atomic E-state index is 11.8. The Morgan fingerprint density at radius 1 is 1.40 bits per heavy atom. The van der Waals surface area contributed by atoms with Gasteiger partial charge >= 0.3 is 0 Å². The molecule has 3 nitrogen and oxygen atoms in total. The Balaban J connectivity index is 3.43. The molecule has 0 aromatic heterocycles. The normalized spacial score (nSPS) is 10.7. The van der Waals surface area contributed by atoms with Crippen molar-refractivity contribution in [2.45, 2.75) is 18.7 Å². The second-order valence-corrected chi connectivity index (χ2v) is 5.25. The number of sulfone groups is 1. The predicted molar refractivity (Wildman–Crippen MR) is 57.9 cm³/mol. The van der Waals surface area contributed by atoms with Gasteiger partial charge in [-0.25, -0.2) is 8.42 Å². The minimum absolute atomic E-state index is 0.152. The first-order valence-electron chi connectivity index (χ1n) is 4.31. The van der Waals surface area contributed by atoms with Crippen LogP contribution in [-0.4, -0.2) is 8.42 Å². The van der Waals surface area contributed by atoms with Crippen LogP contribution in [0, 0.1) is 25.2 Å². The highest BCUT2D eigenvalue weighted by atomic mass is 32.2. The summed E-state index contributed by atoms with van der Waals surface area (Å²) in [5.74, 6) is 0. The third-order valence-corrected chi connectivity index (χ3v) is 3.85. The smallest absolute Gasteiger partial charge is 0.216 e. The molecule has 0 radical (unpaired) electrons. The van der Waals surface area contributed by atoms with Gasteiger partial charge in [-0.2, -0.15) is 5.26 Å². The molecule has 0 unspecified atom stereocenters. The summed E-state index contributed by atoms with van der Waals surface area (Å²) in [7, 11) is -3.69. The number of nitriles is 1. The number of hydrogen-bond donors (Lipinski definition) is 0. The minimum Gasteiger partial charge on any atom is -0.218 e. The molecule has 0 saturated heterocycles. The lowest BCUT2D eigenvalue weighted by atomic mass is 10.2. The van der Waals surface area contributed by atoms with Crippen molar-refractivity contribution in [3.63, 3.8) is 0 Å². The Hall–Kier alpha value is -1.60. The first kappa shape index (κ1) is 11.5. The van der Waals surface area contributed by atoms with Gasteiger partial charge in [0.05, 0.1) is 4.90 Å². The SMILES string of the molecule is C=C(C#N)S(=O)(=O)c1ccc(C)cc1C. The van der Waals surface area contributed by atoms with Gasteiger partial charge in [-0.05, 0) is 25.5 Å². The molecule has 78 valence electrons. The van der Waals surface area contributed by atoms with Crippen LogP contribution in [0.3, 0.4) is 0 Å². The average molecular weight is 221 g/mol. The molecule has 0 spiro atoms. The second-order valence-electron chi connectivity index (χ2n) is 3.31. The summed E-state index contributed by atoms with van der Waals surface area (Å²) in [4.78, 5) is -0.269.